The molecule has 1 aliphatic heterocycles. The van der Waals surface area contributed by atoms with Crippen molar-refractivity contribution in [3.05, 3.63) is 78.1 Å². The molecule has 2 amide bonds. The second-order valence-electron chi connectivity index (χ2n) is 7.34. The van der Waals surface area contributed by atoms with E-state index in [1.807, 2.05) is 18.2 Å². The van der Waals surface area contributed by atoms with Crippen LogP contribution >= 0.6 is 0 Å². The molecule has 0 spiro atoms. The van der Waals surface area contributed by atoms with E-state index in [-0.39, 0.29) is 18.6 Å². The van der Waals surface area contributed by atoms with Gasteiger partial charge in [0.25, 0.3) is 0 Å². The third-order valence-corrected chi connectivity index (χ3v) is 5.09. The van der Waals surface area contributed by atoms with Crippen molar-refractivity contribution in [3.8, 4) is 11.5 Å². The fourth-order valence-electron chi connectivity index (χ4n) is 3.62. The summed E-state index contributed by atoms with van der Waals surface area (Å²) in [5.41, 5.74) is 2.71. The van der Waals surface area contributed by atoms with Gasteiger partial charge in [-0.05, 0) is 41.5 Å². The molecular formula is C23H20F4N4O3. The second-order valence-corrected chi connectivity index (χ2v) is 7.34. The first-order chi connectivity index (χ1) is 16.4. The first-order valence-electron chi connectivity index (χ1n) is 10.2. The number of ether oxygens (including phenoxy) is 2. The summed E-state index contributed by atoms with van der Waals surface area (Å²) in [6.45, 7) is -5.74. The van der Waals surface area contributed by atoms with Crippen LogP contribution in [0.3, 0.4) is 0 Å². The number of anilines is 2. The number of pyridine rings is 1. The summed E-state index contributed by atoms with van der Waals surface area (Å²) in [4.78, 5) is 17.5. The van der Waals surface area contributed by atoms with Crippen molar-refractivity contribution in [2.24, 2.45) is 0 Å². The molecular weight excluding hydrogens is 456 g/mol. The van der Waals surface area contributed by atoms with Crippen molar-refractivity contribution in [3.63, 3.8) is 0 Å². The van der Waals surface area contributed by atoms with Crippen LogP contribution in [0.4, 0.5) is 33.7 Å². The van der Waals surface area contributed by atoms with Gasteiger partial charge in [-0.15, -0.1) is 0 Å². The van der Waals surface area contributed by atoms with Gasteiger partial charge in [-0.1, -0.05) is 18.2 Å². The minimum Gasteiger partial charge on any atom is -0.431 e. The summed E-state index contributed by atoms with van der Waals surface area (Å²) in [7, 11) is 0. The highest BCUT2D eigenvalue weighted by Crippen LogP contribution is 2.38. The number of amides is 2. The Hall–Kier alpha value is -4.02. The Morgan fingerprint density at radius 3 is 2.41 bits per heavy atom. The first kappa shape index (κ1) is 23.1. The molecule has 3 aromatic rings. The standard InChI is InChI=1S/C23H20F4N4O3/c24-21(25)33-19-7-6-17(10-20(19)34-22(26)27)31(13-14-3-2-8-28-11-14)16-5-1-4-15(9-16)18-12-29-23(32)30-18/h1-11,18,21-22H,12-13H2,(H2,29,30,32). The lowest BCUT2D eigenvalue weighted by atomic mass is 10.1. The predicted molar refractivity (Wildman–Crippen MR) is 116 cm³/mol. The largest absolute Gasteiger partial charge is 0.431 e. The van der Waals surface area contributed by atoms with E-state index in [0.29, 0.717) is 17.9 Å². The van der Waals surface area contributed by atoms with Crippen molar-refractivity contribution in [1.29, 1.82) is 0 Å². The quantitative estimate of drug-likeness (QED) is 0.427. The van der Waals surface area contributed by atoms with Crippen LogP contribution < -0.4 is 25.0 Å². The third kappa shape index (κ3) is 5.66. The summed E-state index contributed by atoms with van der Waals surface area (Å²) < 4.78 is 60.2. The number of aromatic nitrogens is 1. The monoisotopic (exact) mass is 476 g/mol. The number of rotatable bonds is 9. The Morgan fingerprint density at radius 2 is 1.74 bits per heavy atom. The highest BCUT2D eigenvalue weighted by molar-refractivity contribution is 5.77. The SMILES string of the molecule is O=C1NCC(c2cccc(N(Cc3cccnc3)c3ccc(OC(F)F)c(OC(F)F)c3)c2)N1. The Morgan fingerprint density at radius 1 is 0.971 bits per heavy atom. The summed E-state index contributed by atoms with van der Waals surface area (Å²) in [6, 6.07) is 14.2. The Kier molecular flexibility index (Phi) is 7.00. The molecule has 0 bridgehead atoms. The lowest BCUT2D eigenvalue weighted by molar-refractivity contribution is -0.0692. The van der Waals surface area contributed by atoms with Crippen LogP contribution in [0.1, 0.15) is 17.2 Å². The van der Waals surface area contributed by atoms with Crippen molar-refractivity contribution in [1.82, 2.24) is 15.6 Å². The Balaban J connectivity index is 1.74. The molecule has 0 saturated carbocycles. The topological polar surface area (TPSA) is 75.7 Å². The molecule has 1 saturated heterocycles. The van der Waals surface area contributed by atoms with E-state index in [0.717, 1.165) is 17.2 Å². The van der Waals surface area contributed by atoms with Crippen LogP contribution in [0.25, 0.3) is 0 Å². The number of nitrogens with zero attached hydrogens (tertiary/aromatic N) is 2. The third-order valence-electron chi connectivity index (χ3n) is 5.09. The van der Waals surface area contributed by atoms with Crippen LogP contribution in [-0.2, 0) is 6.54 Å². The zero-order chi connectivity index (χ0) is 24.1. The van der Waals surface area contributed by atoms with Gasteiger partial charge in [-0.2, -0.15) is 17.6 Å². The fraction of sp³-hybridized carbons (Fsp3) is 0.217. The van der Waals surface area contributed by atoms with Crippen molar-refractivity contribution >= 4 is 17.4 Å². The molecule has 178 valence electrons. The summed E-state index contributed by atoms with van der Waals surface area (Å²) in [5, 5.41) is 5.51. The number of hydrogen-bond donors (Lipinski definition) is 2. The van der Waals surface area contributed by atoms with E-state index in [1.54, 1.807) is 35.5 Å². The molecule has 2 aromatic carbocycles. The molecule has 7 nitrogen and oxygen atoms in total. The average molecular weight is 476 g/mol. The van der Waals surface area contributed by atoms with Gasteiger partial charge in [-0.3, -0.25) is 4.98 Å². The minimum absolute atomic E-state index is 0.243. The van der Waals surface area contributed by atoms with E-state index < -0.39 is 24.7 Å². The zero-order valence-corrected chi connectivity index (χ0v) is 17.6. The van der Waals surface area contributed by atoms with E-state index in [9.17, 15) is 22.4 Å². The van der Waals surface area contributed by atoms with Gasteiger partial charge in [0.05, 0.1) is 6.04 Å². The van der Waals surface area contributed by atoms with Gasteiger partial charge in [-0.25, -0.2) is 4.79 Å². The summed E-state index contributed by atoms with van der Waals surface area (Å²) in [5.74, 6) is -1.03. The fourth-order valence-corrected chi connectivity index (χ4v) is 3.62. The molecule has 1 atom stereocenters. The van der Waals surface area contributed by atoms with Gasteiger partial charge in [0.2, 0.25) is 0 Å². The molecule has 0 aliphatic carbocycles. The second kappa shape index (κ2) is 10.3. The van der Waals surface area contributed by atoms with E-state index in [2.05, 4.69) is 25.1 Å². The highest BCUT2D eigenvalue weighted by atomic mass is 19.3. The van der Waals surface area contributed by atoms with Crippen molar-refractivity contribution in [2.75, 3.05) is 11.4 Å². The number of alkyl halides is 4. The summed E-state index contributed by atoms with van der Waals surface area (Å²) in [6.07, 6.45) is 3.28. The molecule has 4 rings (SSSR count). The van der Waals surface area contributed by atoms with Gasteiger partial charge in [0.15, 0.2) is 11.5 Å². The number of nitrogens with one attached hydrogen (secondary N) is 2. The number of hydrogen-bond acceptors (Lipinski definition) is 5. The van der Waals surface area contributed by atoms with E-state index in [1.165, 1.54) is 12.1 Å². The number of benzene rings is 2. The molecule has 2 heterocycles. The van der Waals surface area contributed by atoms with Gasteiger partial charge in [0.1, 0.15) is 0 Å². The zero-order valence-electron chi connectivity index (χ0n) is 17.6. The Bertz CT molecular complexity index is 1130. The first-order valence-corrected chi connectivity index (χ1v) is 10.2. The van der Waals surface area contributed by atoms with Crippen LogP contribution in [0.15, 0.2) is 67.0 Å². The molecule has 2 N–H and O–H groups in total. The molecule has 1 unspecified atom stereocenters. The van der Waals surface area contributed by atoms with Gasteiger partial charge < -0.3 is 25.0 Å². The average Bonchev–Trinajstić information content (AvgIpc) is 3.25. The van der Waals surface area contributed by atoms with Crippen molar-refractivity contribution < 1.29 is 31.8 Å². The molecule has 11 heteroatoms. The predicted octanol–water partition coefficient (Wildman–Crippen LogP) is 4.98. The van der Waals surface area contributed by atoms with E-state index >= 15 is 0 Å². The van der Waals surface area contributed by atoms with Gasteiger partial charge in [0, 0.05) is 42.9 Å². The van der Waals surface area contributed by atoms with Crippen LogP contribution in [0, 0.1) is 0 Å². The molecule has 0 radical (unpaired) electrons. The maximum absolute atomic E-state index is 13.0. The molecule has 1 fully saturated rings. The number of carbonyl (C=O) groups is 1. The highest BCUT2D eigenvalue weighted by Gasteiger charge is 2.23. The molecule has 1 aromatic heterocycles. The van der Waals surface area contributed by atoms with Crippen LogP contribution in [-0.4, -0.2) is 30.8 Å². The maximum Gasteiger partial charge on any atom is 0.387 e. The minimum atomic E-state index is -3.23. The lowest BCUT2D eigenvalue weighted by Crippen LogP contribution is -2.22. The van der Waals surface area contributed by atoms with Crippen LogP contribution in [0.5, 0.6) is 11.5 Å². The van der Waals surface area contributed by atoms with E-state index in [4.69, 9.17) is 0 Å². The number of carbonyl (C=O) groups excluding carboxylic acids is 1. The maximum atomic E-state index is 13.0. The smallest absolute Gasteiger partial charge is 0.387 e. The normalized spacial score (nSPS) is 15.2. The number of halogens is 4. The molecule has 34 heavy (non-hydrogen) atoms. The van der Waals surface area contributed by atoms with Crippen molar-refractivity contribution in [2.45, 2.75) is 25.8 Å². The lowest BCUT2D eigenvalue weighted by Gasteiger charge is -2.27. The van der Waals surface area contributed by atoms with Gasteiger partial charge >= 0.3 is 19.3 Å². The van der Waals surface area contributed by atoms with Crippen LogP contribution in [0.2, 0.25) is 0 Å². The Labute approximate surface area is 192 Å². The number of urea groups is 1. The molecule has 1 aliphatic rings. The summed E-state index contributed by atoms with van der Waals surface area (Å²) >= 11 is 0.